The van der Waals surface area contributed by atoms with E-state index in [1.54, 1.807) is 6.08 Å². The van der Waals surface area contributed by atoms with Crippen molar-refractivity contribution in [1.82, 2.24) is 5.32 Å². The molecule has 9 atom stereocenters. The summed E-state index contributed by atoms with van der Waals surface area (Å²) in [6.45, 7) is 3.90. The largest absolute Gasteiger partial charge is 0.472 e. The minimum Gasteiger partial charge on any atom is -0.387 e. The zero-order chi connectivity index (χ0) is 57.0. The van der Waals surface area contributed by atoms with Crippen molar-refractivity contribution in [3.05, 3.63) is 12.2 Å². The average Bonchev–Trinajstić information content (AvgIpc) is 3.46. The van der Waals surface area contributed by atoms with Crippen molar-refractivity contribution in [1.29, 1.82) is 0 Å². The summed E-state index contributed by atoms with van der Waals surface area (Å²) in [6, 6.07) is -1.11. The summed E-state index contributed by atoms with van der Waals surface area (Å²) < 4.78 is 23.1. The molecule has 8 N–H and O–H groups in total. The van der Waals surface area contributed by atoms with E-state index in [0.29, 0.717) is 6.42 Å². The van der Waals surface area contributed by atoms with Crippen molar-refractivity contribution in [3.8, 4) is 0 Å². The Hall–Kier alpha value is -0.920. The molecule has 0 spiro atoms. The number of amides is 1. The number of phosphoric ester groups is 1. The second kappa shape index (κ2) is 54.0. The lowest BCUT2D eigenvalue weighted by molar-refractivity contribution is -0.220. The zero-order valence-corrected chi connectivity index (χ0v) is 51.6. The molecule has 1 aliphatic rings. The van der Waals surface area contributed by atoms with Crippen LogP contribution in [0.15, 0.2) is 12.2 Å². The lowest BCUT2D eigenvalue weighted by atomic mass is 9.85. The molecule has 0 heterocycles. The number of hydrogen-bond donors (Lipinski definition) is 8. The van der Waals surface area contributed by atoms with E-state index in [9.17, 15) is 44.9 Å². The van der Waals surface area contributed by atoms with Gasteiger partial charge < -0.3 is 40.8 Å². The highest BCUT2D eigenvalue weighted by Crippen LogP contribution is 2.47. The summed E-state index contributed by atoms with van der Waals surface area (Å²) in [5, 5.41) is 64.4. The smallest absolute Gasteiger partial charge is 0.387 e. The second-order valence-corrected chi connectivity index (χ2v) is 25.4. The van der Waals surface area contributed by atoms with Crippen LogP contribution >= 0.6 is 7.82 Å². The topological polar surface area (TPSA) is 206 Å². The average molecular weight is 1130 g/mol. The molecule has 78 heavy (non-hydrogen) atoms. The Balaban J connectivity index is 2.15. The Bertz CT molecular complexity index is 1360. The first-order valence-corrected chi connectivity index (χ1v) is 35.1. The quantitative estimate of drug-likeness (QED) is 0.0163. The van der Waals surface area contributed by atoms with Gasteiger partial charge in [0.1, 0.15) is 36.6 Å². The van der Waals surface area contributed by atoms with Gasteiger partial charge in [0.05, 0.1) is 18.8 Å². The summed E-state index contributed by atoms with van der Waals surface area (Å²) in [5.74, 6) is -0.333. The van der Waals surface area contributed by atoms with Crippen LogP contribution in [0.2, 0.25) is 0 Å². The lowest BCUT2D eigenvalue weighted by Gasteiger charge is -2.41. The molecule has 1 rings (SSSR count). The van der Waals surface area contributed by atoms with Crippen LogP contribution in [0.4, 0.5) is 0 Å². The van der Waals surface area contributed by atoms with Crippen LogP contribution in [0.25, 0.3) is 0 Å². The molecular weight excluding hydrogens is 1000 g/mol. The lowest BCUT2D eigenvalue weighted by Crippen LogP contribution is -2.64. The number of carbonyl (C=O) groups excluding carboxylic acids is 1. The fraction of sp³-hybridized carbons (Fsp3) is 0.954. The summed E-state index contributed by atoms with van der Waals surface area (Å²) in [4.78, 5) is 23.6. The third kappa shape index (κ3) is 43.7. The van der Waals surface area contributed by atoms with E-state index < -0.39 is 63.2 Å². The fourth-order valence-corrected chi connectivity index (χ4v) is 12.2. The van der Waals surface area contributed by atoms with Crippen LogP contribution in [0.5, 0.6) is 0 Å². The Labute approximate surface area is 479 Å². The summed E-state index contributed by atoms with van der Waals surface area (Å²) in [7, 11) is -5.09. The molecule has 0 aliphatic heterocycles. The molecule has 0 aromatic carbocycles. The molecule has 464 valence electrons. The Morgan fingerprint density at radius 2 is 0.679 bits per heavy atom. The number of allylic oxidation sites excluding steroid dienone is 1. The number of nitrogens with one attached hydrogen (secondary N) is 1. The highest BCUT2D eigenvalue weighted by molar-refractivity contribution is 7.47. The Morgan fingerprint density at radius 1 is 0.423 bits per heavy atom. The van der Waals surface area contributed by atoms with Gasteiger partial charge in [-0.25, -0.2) is 4.57 Å². The van der Waals surface area contributed by atoms with Crippen LogP contribution in [-0.2, 0) is 18.4 Å². The zero-order valence-electron chi connectivity index (χ0n) is 50.8. The van der Waals surface area contributed by atoms with E-state index in [1.165, 1.54) is 270 Å². The van der Waals surface area contributed by atoms with Gasteiger partial charge in [-0.3, -0.25) is 13.8 Å². The molecule has 1 fully saturated rings. The van der Waals surface area contributed by atoms with E-state index in [0.717, 1.165) is 44.9 Å². The monoisotopic (exact) mass is 1130 g/mol. The van der Waals surface area contributed by atoms with E-state index in [4.69, 9.17) is 9.05 Å². The summed E-state index contributed by atoms with van der Waals surface area (Å²) >= 11 is 0. The number of aliphatic hydroxyl groups excluding tert-OH is 6. The van der Waals surface area contributed by atoms with Gasteiger partial charge in [-0.05, 0) is 19.3 Å². The Morgan fingerprint density at radius 3 is 0.974 bits per heavy atom. The fourth-order valence-electron chi connectivity index (χ4n) is 11.2. The first-order chi connectivity index (χ1) is 37.9. The van der Waals surface area contributed by atoms with Crippen LogP contribution in [0.3, 0.4) is 0 Å². The van der Waals surface area contributed by atoms with Gasteiger partial charge >= 0.3 is 7.82 Å². The van der Waals surface area contributed by atoms with E-state index in [1.807, 2.05) is 6.08 Å². The van der Waals surface area contributed by atoms with Gasteiger partial charge in [-0.15, -0.1) is 0 Å². The van der Waals surface area contributed by atoms with Crippen molar-refractivity contribution in [2.75, 3.05) is 6.61 Å². The normalized spacial score (nSPS) is 20.4. The van der Waals surface area contributed by atoms with E-state index in [-0.39, 0.29) is 12.3 Å². The molecule has 0 radical (unpaired) electrons. The molecule has 0 bridgehead atoms. The van der Waals surface area contributed by atoms with E-state index in [2.05, 4.69) is 19.2 Å². The molecule has 12 nitrogen and oxygen atoms in total. The van der Waals surface area contributed by atoms with Crippen molar-refractivity contribution in [2.45, 2.75) is 390 Å². The van der Waals surface area contributed by atoms with Crippen LogP contribution in [0.1, 0.15) is 341 Å². The van der Waals surface area contributed by atoms with Crippen LogP contribution < -0.4 is 5.32 Å². The van der Waals surface area contributed by atoms with Gasteiger partial charge in [0, 0.05) is 6.42 Å². The third-order valence-electron chi connectivity index (χ3n) is 16.6. The van der Waals surface area contributed by atoms with Gasteiger partial charge in [0.2, 0.25) is 5.91 Å². The van der Waals surface area contributed by atoms with Gasteiger partial charge in [-0.1, -0.05) is 328 Å². The highest BCUT2D eigenvalue weighted by Gasteiger charge is 2.51. The molecule has 1 saturated carbocycles. The maximum Gasteiger partial charge on any atom is 0.472 e. The van der Waals surface area contributed by atoms with Crippen molar-refractivity contribution >= 4 is 13.7 Å². The molecule has 1 aliphatic carbocycles. The highest BCUT2D eigenvalue weighted by atomic mass is 31.2. The molecule has 6 unspecified atom stereocenters. The SMILES string of the molecule is CCCCCCCCCCCCCCC/C=C/[C@@H](O)[C@H](COP(=O)(O)OC1C(O)C(O)C(O)[C@@H](O)C1O)NC(=O)CCCCCCCCCCCCCCCCCCCCCCCCCCCCCCCCCCCCCC. The molecule has 0 aromatic heterocycles. The van der Waals surface area contributed by atoms with Gasteiger partial charge in [-0.2, -0.15) is 0 Å². The van der Waals surface area contributed by atoms with E-state index >= 15 is 0 Å². The molecular formula is C65H128NO11P. The van der Waals surface area contributed by atoms with Gasteiger partial charge in [0.25, 0.3) is 0 Å². The first kappa shape index (κ1) is 75.1. The van der Waals surface area contributed by atoms with Crippen molar-refractivity contribution in [2.24, 2.45) is 0 Å². The number of aliphatic hydroxyl groups is 6. The van der Waals surface area contributed by atoms with Crippen molar-refractivity contribution in [3.63, 3.8) is 0 Å². The molecule has 13 heteroatoms. The summed E-state index contributed by atoms with van der Waals surface area (Å²) in [6.07, 6.45) is 56.2. The minimum atomic E-state index is -5.09. The minimum absolute atomic E-state index is 0.220. The van der Waals surface area contributed by atoms with Gasteiger partial charge in [0.15, 0.2) is 0 Å². The van der Waals surface area contributed by atoms with Crippen molar-refractivity contribution < 1.29 is 53.9 Å². The maximum absolute atomic E-state index is 13.1. The Kier molecular flexibility index (Phi) is 52.0. The summed E-state index contributed by atoms with van der Waals surface area (Å²) in [5.41, 5.74) is 0. The number of carbonyl (C=O) groups is 1. The standard InChI is InChI=1S/C65H128NO11P/c1-3-5-7-9-11-13-15-17-19-20-21-22-23-24-25-26-27-28-29-30-31-32-33-34-35-36-37-38-39-41-43-45-47-49-51-53-55-59(68)66-57(56-76-78(74,75)77-65-63(72)61(70)60(69)62(71)64(65)73)58(67)54-52-50-48-46-44-42-40-18-16-14-12-10-8-6-4-2/h52,54,57-58,60-65,67,69-73H,3-51,53,55-56H2,1-2H3,(H,66,68)(H,74,75)/b54-52+/t57-,58+,60?,61+,62?,63?,64?,65?/m0/s1. The molecule has 1 amide bonds. The molecule has 0 aromatic rings. The van der Waals surface area contributed by atoms with Crippen LogP contribution in [0, 0.1) is 0 Å². The number of phosphoric acid groups is 1. The second-order valence-electron chi connectivity index (χ2n) is 24.0. The number of unbranched alkanes of at least 4 members (excludes halogenated alkanes) is 48. The molecule has 0 saturated heterocycles. The first-order valence-electron chi connectivity index (χ1n) is 33.6. The predicted molar refractivity (Wildman–Crippen MR) is 325 cm³/mol. The third-order valence-corrected chi connectivity index (χ3v) is 17.6. The maximum atomic E-state index is 13.1. The van der Waals surface area contributed by atoms with Crippen LogP contribution in [-0.4, -0.2) is 96.8 Å². The predicted octanol–water partition coefficient (Wildman–Crippen LogP) is 16.6. The number of rotatable bonds is 59. The number of hydrogen-bond acceptors (Lipinski definition) is 10.